The van der Waals surface area contributed by atoms with Gasteiger partial charge in [-0.05, 0) is 6.42 Å². The molecule has 188 valence electrons. The average Bonchev–Trinajstić information content (AvgIpc) is 3.26. The van der Waals surface area contributed by atoms with Crippen LogP contribution < -0.4 is 21.7 Å². The van der Waals surface area contributed by atoms with Gasteiger partial charge in [0.2, 0.25) is 17.7 Å². The van der Waals surface area contributed by atoms with Gasteiger partial charge in [0.1, 0.15) is 18.1 Å². The number of aromatic nitrogens is 2. The summed E-state index contributed by atoms with van der Waals surface area (Å²) in [5, 5.41) is 33.6. The standard InChI is InChI=1S/C18H26N6O9S/c19-9(4-14(27)28)15(29)23-11(3-8-5-20-7-21-8)17(31)22-10(1-2-13(25)26)16(30)24-12(6-34)18(32)33/h5,7,9-12,34H,1-4,6,19H2,(H,20,21)(H,22,31)(H,23,29)(H,24,30)(H,25,26)(H,27,28)(H,32,33). The van der Waals surface area contributed by atoms with Gasteiger partial charge in [-0.3, -0.25) is 24.0 Å². The zero-order valence-corrected chi connectivity index (χ0v) is 18.7. The normalized spacial score (nSPS) is 14.2. The number of aliphatic carboxylic acids is 3. The van der Waals surface area contributed by atoms with Gasteiger partial charge in [0, 0.05) is 30.5 Å². The van der Waals surface area contributed by atoms with E-state index in [-0.39, 0.29) is 18.6 Å². The molecule has 9 N–H and O–H groups in total. The topological polar surface area (TPSA) is 254 Å². The molecule has 0 aliphatic carbocycles. The Morgan fingerprint density at radius 3 is 2.03 bits per heavy atom. The van der Waals surface area contributed by atoms with E-state index < -0.39 is 72.6 Å². The molecular formula is C18H26N6O9S. The molecule has 3 amide bonds. The molecule has 1 aromatic heterocycles. The lowest BCUT2D eigenvalue weighted by Crippen LogP contribution is -2.58. The molecule has 0 aromatic carbocycles. The summed E-state index contributed by atoms with van der Waals surface area (Å²) >= 11 is 3.83. The average molecular weight is 503 g/mol. The number of nitrogens with two attached hydrogens (primary N) is 1. The summed E-state index contributed by atoms with van der Waals surface area (Å²) in [6.45, 7) is 0. The molecule has 0 spiro atoms. The molecule has 0 saturated carbocycles. The highest BCUT2D eigenvalue weighted by Crippen LogP contribution is 2.05. The Balaban J connectivity index is 3.05. The number of carbonyl (C=O) groups excluding carboxylic acids is 3. The molecule has 4 unspecified atom stereocenters. The van der Waals surface area contributed by atoms with Crippen molar-refractivity contribution in [1.82, 2.24) is 25.9 Å². The first-order valence-corrected chi connectivity index (χ1v) is 10.5. The first kappa shape index (κ1) is 28.4. The summed E-state index contributed by atoms with van der Waals surface area (Å²) in [6.07, 6.45) is 0.914. The van der Waals surface area contributed by atoms with E-state index in [1.165, 1.54) is 12.5 Å². The van der Waals surface area contributed by atoms with E-state index in [4.69, 9.17) is 21.1 Å². The van der Waals surface area contributed by atoms with Crippen molar-refractivity contribution in [3.8, 4) is 0 Å². The zero-order chi connectivity index (χ0) is 25.8. The van der Waals surface area contributed by atoms with E-state index >= 15 is 0 Å². The number of nitrogens with zero attached hydrogens (tertiary/aromatic N) is 1. The van der Waals surface area contributed by atoms with Crippen LogP contribution in [0.1, 0.15) is 25.0 Å². The number of hydrogen-bond donors (Lipinski definition) is 9. The molecule has 0 fully saturated rings. The van der Waals surface area contributed by atoms with Gasteiger partial charge in [-0.2, -0.15) is 12.6 Å². The highest BCUT2D eigenvalue weighted by atomic mass is 32.1. The van der Waals surface area contributed by atoms with Crippen molar-refractivity contribution in [2.24, 2.45) is 5.73 Å². The van der Waals surface area contributed by atoms with Crippen LogP contribution in [-0.2, 0) is 35.2 Å². The second-order valence-corrected chi connectivity index (χ2v) is 7.49. The fraction of sp³-hybridized carbons (Fsp3) is 0.500. The van der Waals surface area contributed by atoms with Gasteiger partial charge < -0.3 is 42.0 Å². The van der Waals surface area contributed by atoms with Gasteiger partial charge in [0.15, 0.2) is 0 Å². The highest BCUT2D eigenvalue weighted by Gasteiger charge is 2.31. The number of imidazole rings is 1. The highest BCUT2D eigenvalue weighted by molar-refractivity contribution is 7.80. The predicted molar refractivity (Wildman–Crippen MR) is 117 cm³/mol. The van der Waals surface area contributed by atoms with Gasteiger partial charge in [0.25, 0.3) is 0 Å². The van der Waals surface area contributed by atoms with Crippen molar-refractivity contribution in [3.05, 3.63) is 18.2 Å². The Morgan fingerprint density at radius 2 is 1.53 bits per heavy atom. The molecular weight excluding hydrogens is 476 g/mol. The molecule has 1 heterocycles. The Kier molecular flexibility index (Phi) is 11.5. The van der Waals surface area contributed by atoms with Gasteiger partial charge in [0.05, 0.1) is 18.8 Å². The number of hydrogen-bond acceptors (Lipinski definition) is 9. The molecule has 1 aromatic rings. The number of rotatable bonds is 15. The van der Waals surface area contributed by atoms with Gasteiger partial charge >= 0.3 is 17.9 Å². The number of carbonyl (C=O) groups is 6. The van der Waals surface area contributed by atoms with Crippen molar-refractivity contribution < 1.29 is 44.1 Å². The smallest absolute Gasteiger partial charge is 0.327 e. The van der Waals surface area contributed by atoms with E-state index in [0.29, 0.717) is 5.69 Å². The quantitative estimate of drug-likeness (QED) is 0.110. The van der Waals surface area contributed by atoms with Crippen molar-refractivity contribution >= 4 is 48.3 Å². The second-order valence-electron chi connectivity index (χ2n) is 7.12. The molecule has 0 aliphatic heterocycles. The minimum Gasteiger partial charge on any atom is -0.481 e. The van der Waals surface area contributed by atoms with Crippen LogP contribution >= 0.6 is 12.6 Å². The third-order valence-corrected chi connectivity index (χ3v) is 4.79. The number of thiol groups is 1. The summed E-state index contributed by atoms with van der Waals surface area (Å²) in [6, 6.07) is -5.67. The zero-order valence-electron chi connectivity index (χ0n) is 17.8. The van der Waals surface area contributed by atoms with Crippen LogP contribution in [0.25, 0.3) is 0 Å². The van der Waals surface area contributed by atoms with E-state index in [0.717, 1.165) is 0 Å². The maximum Gasteiger partial charge on any atom is 0.327 e. The number of H-pyrrole nitrogens is 1. The number of aromatic amines is 1. The van der Waals surface area contributed by atoms with E-state index in [9.17, 15) is 28.8 Å². The molecule has 34 heavy (non-hydrogen) atoms. The minimum absolute atomic E-state index is 0.154. The summed E-state index contributed by atoms with van der Waals surface area (Å²) in [5.41, 5.74) is 5.93. The first-order valence-electron chi connectivity index (χ1n) is 9.85. The van der Waals surface area contributed by atoms with E-state index in [1.54, 1.807) is 0 Å². The molecule has 16 heteroatoms. The number of carboxylic acid groups (broad SMARTS) is 3. The van der Waals surface area contributed by atoms with Crippen LogP contribution in [0, 0.1) is 0 Å². The van der Waals surface area contributed by atoms with Gasteiger partial charge in [-0.15, -0.1) is 0 Å². The van der Waals surface area contributed by atoms with Crippen LogP contribution in [-0.4, -0.2) is 90.8 Å². The van der Waals surface area contributed by atoms with Crippen molar-refractivity contribution in [2.45, 2.75) is 49.9 Å². The first-order chi connectivity index (χ1) is 15.9. The Morgan fingerprint density at radius 1 is 0.941 bits per heavy atom. The molecule has 4 atom stereocenters. The van der Waals surface area contributed by atoms with Gasteiger partial charge in [-0.25, -0.2) is 9.78 Å². The Labute approximate surface area is 198 Å². The van der Waals surface area contributed by atoms with Gasteiger partial charge in [-0.1, -0.05) is 0 Å². The lowest BCUT2D eigenvalue weighted by atomic mass is 10.1. The monoisotopic (exact) mass is 502 g/mol. The molecule has 0 bridgehead atoms. The number of nitrogens with one attached hydrogen (secondary N) is 4. The number of amides is 3. The van der Waals surface area contributed by atoms with Crippen LogP contribution in [0.2, 0.25) is 0 Å². The molecule has 0 saturated heterocycles. The lowest BCUT2D eigenvalue weighted by molar-refractivity contribution is -0.142. The summed E-state index contributed by atoms with van der Waals surface area (Å²) in [7, 11) is 0. The van der Waals surface area contributed by atoms with E-state index in [2.05, 4.69) is 38.5 Å². The summed E-state index contributed by atoms with van der Waals surface area (Å²) in [5.74, 6) is -7.09. The lowest BCUT2D eigenvalue weighted by Gasteiger charge is -2.24. The molecule has 1 rings (SSSR count). The summed E-state index contributed by atoms with van der Waals surface area (Å²) < 4.78 is 0. The fourth-order valence-corrected chi connectivity index (χ4v) is 2.90. The van der Waals surface area contributed by atoms with Crippen LogP contribution in [0.5, 0.6) is 0 Å². The van der Waals surface area contributed by atoms with Crippen molar-refractivity contribution in [3.63, 3.8) is 0 Å². The summed E-state index contributed by atoms with van der Waals surface area (Å²) in [4.78, 5) is 77.2. The molecule has 0 radical (unpaired) electrons. The largest absolute Gasteiger partial charge is 0.481 e. The van der Waals surface area contributed by atoms with Crippen LogP contribution in [0.15, 0.2) is 12.5 Å². The SMILES string of the molecule is NC(CC(=O)O)C(=O)NC(Cc1cnc[nH]1)C(=O)NC(CCC(=O)O)C(=O)NC(CS)C(=O)O. The third kappa shape index (κ3) is 9.86. The van der Waals surface area contributed by atoms with Crippen molar-refractivity contribution in [1.29, 1.82) is 0 Å². The third-order valence-electron chi connectivity index (χ3n) is 4.42. The van der Waals surface area contributed by atoms with Crippen molar-refractivity contribution in [2.75, 3.05) is 5.75 Å². The minimum atomic E-state index is -1.47. The maximum atomic E-state index is 12.9. The predicted octanol–water partition coefficient (Wildman–Crippen LogP) is -2.91. The Bertz CT molecular complexity index is 894. The second kappa shape index (κ2) is 13.8. The fourth-order valence-electron chi connectivity index (χ4n) is 2.65. The number of carboxylic acids is 3. The van der Waals surface area contributed by atoms with E-state index in [1.807, 2.05) is 0 Å². The van der Waals surface area contributed by atoms with Crippen LogP contribution in [0.3, 0.4) is 0 Å². The Hall–Kier alpha value is -3.66. The maximum absolute atomic E-state index is 12.9. The molecule has 0 aliphatic rings. The van der Waals surface area contributed by atoms with Crippen LogP contribution in [0.4, 0.5) is 0 Å². The molecule has 15 nitrogen and oxygen atoms in total.